The van der Waals surface area contributed by atoms with Crippen LogP contribution < -0.4 is 0 Å². The second-order valence-electron chi connectivity index (χ2n) is 4.14. The van der Waals surface area contributed by atoms with E-state index in [2.05, 4.69) is 9.39 Å². The van der Waals surface area contributed by atoms with Crippen LogP contribution in [0, 0.1) is 0 Å². The van der Waals surface area contributed by atoms with E-state index in [0.717, 1.165) is 11.1 Å². The minimum absolute atomic E-state index is 0.363. The minimum Gasteiger partial charge on any atom is -0.540 e. The van der Waals surface area contributed by atoms with E-state index in [1.54, 1.807) is 24.3 Å². The summed E-state index contributed by atoms with van der Waals surface area (Å²) in [5.41, 5.74) is 2.91. The van der Waals surface area contributed by atoms with Crippen LogP contribution >= 0.6 is 0 Å². The van der Waals surface area contributed by atoms with Gasteiger partial charge in [-0.25, -0.2) is 9.59 Å². The number of hydrogen-bond donors (Lipinski definition) is 0. The molecule has 0 aromatic heterocycles. The topological polar surface area (TPSA) is 52.6 Å². The van der Waals surface area contributed by atoms with E-state index in [-0.39, 0.29) is 11.9 Å². The quantitative estimate of drug-likeness (QED) is 0.629. The van der Waals surface area contributed by atoms with Crippen LogP contribution in [0.15, 0.2) is 48.5 Å². The highest BCUT2D eigenvalue weighted by Gasteiger charge is 2.07. The van der Waals surface area contributed by atoms with Gasteiger partial charge in [-0.15, -0.1) is 0 Å². The van der Waals surface area contributed by atoms with Crippen molar-refractivity contribution >= 4 is 20.0 Å². The summed E-state index contributed by atoms with van der Waals surface area (Å²) in [4.78, 5) is 22.7. The van der Waals surface area contributed by atoms with Gasteiger partial charge in [0.1, 0.15) is 0 Å². The molecule has 2 aromatic rings. The fourth-order valence-corrected chi connectivity index (χ4v) is 1.83. The summed E-state index contributed by atoms with van der Waals surface area (Å²) in [6, 6.07) is 14.1. The van der Waals surface area contributed by atoms with Gasteiger partial charge in [-0.1, -0.05) is 24.3 Å². The van der Waals surface area contributed by atoms with Crippen molar-refractivity contribution < 1.29 is 19.0 Å². The van der Waals surface area contributed by atoms with E-state index in [4.69, 9.17) is 0 Å². The molecule has 0 amide bonds. The van der Waals surface area contributed by atoms with Crippen LogP contribution in [0.3, 0.4) is 0 Å². The van der Waals surface area contributed by atoms with E-state index in [1.165, 1.54) is 15.2 Å². The van der Waals surface area contributed by atoms with E-state index < -0.39 is 0 Å². The molecule has 4 nitrogen and oxygen atoms in total. The average molecular weight is 268 g/mol. The van der Waals surface area contributed by atoms with Crippen LogP contribution in [0.5, 0.6) is 0 Å². The van der Waals surface area contributed by atoms with E-state index in [9.17, 15) is 9.59 Å². The number of methoxy groups -OCH3 is 1. The molecule has 0 heterocycles. The fraction of sp³-hybridized carbons (Fsp3) is 0.0667. The third kappa shape index (κ3) is 2.88. The molecule has 2 rings (SSSR count). The number of ether oxygens (including phenoxy) is 1. The highest BCUT2D eigenvalue weighted by Crippen LogP contribution is 2.20. The van der Waals surface area contributed by atoms with Crippen molar-refractivity contribution in [2.75, 3.05) is 7.11 Å². The predicted octanol–water partition coefficient (Wildman–Crippen LogP) is 1.85. The van der Waals surface area contributed by atoms with Gasteiger partial charge in [0.2, 0.25) is 0 Å². The van der Waals surface area contributed by atoms with Crippen LogP contribution in [-0.4, -0.2) is 27.1 Å². The number of esters is 1. The summed E-state index contributed by atoms with van der Waals surface area (Å²) in [5.74, 6) is -0.727. The van der Waals surface area contributed by atoms with Gasteiger partial charge in [0.05, 0.1) is 18.2 Å². The maximum atomic E-state index is 11.3. The number of carbonyl (C=O) groups excluding carboxylic acids is 2. The van der Waals surface area contributed by atoms with E-state index in [0.29, 0.717) is 11.1 Å². The van der Waals surface area contributed by atoms with Crippen molar-refractivity contribution in [1.82, 2.24) is 0 Å². The monoisotopic (exact) mass is 268 g/mol. The Kier molecular flexibility index (Phi) is 4.20. The Morgan fingerprint density at radius 3 is 1.55 bits per heavy atom. The molecule has 20 heavy (non-hydrogen) atoms. The third-order valence-electron chi connectivity index (χ3n) is 2.95. The molecule has 0 bridgehead atoms. The van der Waals surface area contributed by atoms with Crippen LogP contribution in [0.1, 0.15) is 20.7 Å². The maximum Gasteiger partial charge on any atom is 0.337 e. The van der Waals surface area contributed by atoms with Gasteiger partial charge >= 0.3 is 20.0 Å². The summed E-state index contributed by atoms with van der Waals surface area (Å²) >= 11 is 0. The SMILES string of the molecule is BOC(=O)c1ccc(-c2ccc(C(=O)OC)cc2)cc1. The summed E-state index contributed by atoms with van der Waals surface area (Å²) in [6.07, 6.45) is 0. The van der Waals surface area contributed by atoms with Gasteiger partial charge in [0.25, 0.3) is 0 Å². The Hall–Kier alpha value is -2.56. The fourth-order valence-electron chi connectivity index (χ4n) is 1.83. The largest absolute Gasteiger partial charge is 0.540 e. The highest BCUT2D eigenvalue weighted by molar-refractivity contribution is 6.09. The lowest BCUT2D eigenvalue weighted by molar-refractivity contribution is 0.0600. The molecule has 100 valence electrons. The van der Waals surface area contributed by atoms with Crippen LogP contribution in [0.25, 0.3) is 11.1 Å². The molecule has 0 aliphatic rings. The van der Waals surface area contributed by atoms with Crippen LogP contribution in [-0.2, 0) is 9.39 Å². The van der Waals surface area contributed by atoms with Crippen molar-refractivity contribution in [3.8, 4) is 11.1 Å². The lowest BCUT2D eigenvalue weighted by atomic mass is 10.0. The first-order valence-corrected chi connectivity index (χ1v) is 6.03. The number of hydrogen-bond acceptors (Lipinski definition) is 4. The summed E-state index contributed by atoms with van der Waals surface area (Å²) in [7, 11) is 2.70. The molecule has 0 atom stereocenters. The summed E-state index contributed by atoms with van der Waals surface area (Å²) < 4.78 is 9.29. The second-order valence-corrected chi connectivity index (χ2v) is 4.14. The van der Waals surface area contributed by atoms with Crippen LogP contribution in [0.4, 0.5) is 0 Å². The molecular formula is C15H13BO4. The Morgan fingerprint density at radius 1 is 0.800 bits per heavy atom. The Bertz CT molecular complexity index is 560. The van der Waals surface area contributed by atoms with Crippen molar-refractivity contribution in [3.63, 3.8) is 0 Å². The first-order valence-electron chi connectivity index (χ1n) is 6.03. The van der Waals surface area contributed by atoms with Gasteiger partial charge in [-0.2, -0.15) is 0 Å². The second kappa shape index (κ2) is 6.06. The van der Waals surface area contributed by atoms with Gasteiger partial charge < -0.3 is 9.39 Å². The molecule has 0 aliphatic heterocycles. The van der Waals surface area contributed by atoms with Gasteiger partial charge in [0, 0.05) is 0 Å². The van der Waals surface area contributed by atoms with Crippen molar-refractivity contribution in [2.45, 2.75) is 0 Å². The van der Waals surface area contributed by atoms with Gasteiger partial charge in [-0.05, 0) is 35.4 Å². The molecular weight excluding hydrogens is 255 g/mol. The number of carbonyl (C=O) groups is 2. The molecule has 0 N–H and O–H groups in total. The number of rotatable bonds is 3. The average Bonchev–Trinajstić information content (AvgIpc) is 2.53. The first kappa shape index (κ1) is 13.9. The summed E-state index contributed by atoms with van der Waals surface area (Å²) in [5, 5.41) is 0. The zero-order valence-corrected chi connectivity index (χ0v) is 11.3. The molecule has 0 aliphatic carbocycles. The van der Waals surface area contributed by atoms with Crippen LogP contribution in [0.2, 0.25) is 0 Å². The Balaban J connectivity index is 2.23. The van der Waals surface area contributed by atoms with Crippen molar-refractivity contribution in [2.24, 2.45) is 0 Å². The van der Waals surface area contributed by atoms with Gasteiger partial charge in [0.15, 0.2) is 0 Å². The predicted molar refractivity (Wildman–Crippen MR) is 77.2 cm³/mol. The standard InChI is InChI=1S/C15H13BO4/c1-19-14(17)12-6-2-10(3-7-12)11-4-8-13(9-5-11)15(18)20-16/h2-9H,16H2,1H3. The molecule has 0 fully saturated rings. The zero-order chi connectivity index (χ0) is 14.5. The lowest BCUT2D eigenvalue weighted by Gasteiger charge is -2.05. The van der Waals surface area contributed by atoms with E-state index in [1.807, 2.05) is 24.3 Å². The lowest BCUT2D eigenvalue weighted by Crippen LogP contribution is -2.01. The molecule has 5 heteroatoms. The molecule has 0 radical (unpaired) electrons. The normalized spacial score (nSPS) is 9.85. The maximum absolute atomic E-state index is 11.3. The molecule has 0 saturated heterocycles. The number of benzene rings is 2. The van der Waals surface area contributed by atoms with E-state index >= 15 is 0 Å². The zero-order valence-electron chi connectivity index (χ0n) is 11.3. The smallest absolute Gasteiger partial charge is 0.337 e. The van der Waals surface area contributed by atoms with Crippen molar-refractivity contribution in [3.05, 3.63) is 59.7 Å². The molecule has 0 spiro atoms. The van der Waals surface area contributed by atoms with Gasteiger partial charge in [-0.3, -0.25) is 0 Å². The summed E-state index contributed by atoms with van der Waals surface area (Å²) in [6.45, 7) is 0. The highest BCUT2D eigenvalue weighted by atomic mass is 16.5. The first-order chi connectivity index (χ1) is 9.65. The third-order valence-corrected chi connectivity index (χ3v) is 2.95. The van der Waals surface area contributed by atoms with Crippen molar-refractivity contribution in [1.29, 1.82) is 0 Å². The Morgan fingerprint density at radius 2 is 1.20 bits per heavy atom. The molecule has 2 aromatic carbocycles. The molecule has 0 unspecified atom stereocenters. The molecule has 0 saturated carbocycles. The minimum atomic E-state index is -0.363. The Labute approximate surface area is 117 Å².